The van der Waals surface area contributed by atoms with Gasteiger partial charge in [-0.05, 0) is 43.9 Å². The van der Waals surface area contributed by atoms with Gasteiger partial charge >= 0.3 is 12.0 Å². The van der Waals surface area contributed by atoms with Gasteiger partial charge in [0, 0.05) is 6.54 Å². The molecule has 1 saturated heterocycles. The highest BCUT2D eigenvalue weighted by molar-refractivity contribution is 6.08. The Morgan fingerprint density at radius 1 is 1.21 bits per heavy atom. The molecule has 2 rings (SSSR count). The van der Waals surface area contributed by atoms with E-state index in [4.69, 9.17) is 4.74 Å². The maximum Gasteiger partial charge on any atom is 0.327 e. The fourth-order valence-corrected chi connectivity index (χ4v) is 3.09. The van der Waals surface area contributed by atoms with Gasteiger partial charge in [0.05, 0.1) is 0 Å². The molecule has 1 atom stereocenters. The van der Waals surface area contributed by atoms with Crippen LogP contribution in [0.2, 0.25) is 0 Å². The fourth-order valence-electron chi connectivity index (χ4n) is 3.09. The van der Waals surface area contributed by atoms with Crippen LogP contribution in [0.4, 0.5) is 9.18 Å². The van der Waals surface area contributed by atoms with E-state index in [2.05, 4.69) is 10.6 Å². The van der Waals surface area contributed by atoms with Gasteiger partial charge in [-0.3, -0.25) is 19.3 Å². The molecule has 1 aromatic rings. The summed E-state index contributed by atoms with van der Waals surface area (Å²) in [7, 11) is 0. The van der Waals surface area contributed by atoms with Crippen molar-refractivity contribution >= 4 is 23.8 Å². The summed E-state index contributed by atoms with van der Waals surface area (Å²) in [5.74, 6) is -2.16. The Labute approximate surface area is 168 Å². The molecule has 1 heterocycles. The Balaban J connectivity index is 1.80. The van der Waals surface area contributed by atoms with Crippen molar-refractivity contribution in [1.29, 1.82) is 0 Å². The summed E-state index contributed by atoms with van der Waals surface area (Å²) in [5, 5.41) is 5.25. The second-order valence-corrected chi connectivity index (χ2v) is 6.91. The van der Waals surface area contributed by atoms with Gasteiger partial charge in [-0.25, -0.2) is 9.18 Å². The molecule has 0 aromatic heterocycles. The Morgan fingerprint density at radius 2 is 1.83 bits per heavy atom. The molecule has 4 amide bonds. The van der Waals surface area contributed by atoms with E-state index in [0.29, 0.717) is 19.3 Å². The molecular formula is C20H26FN3O5. The highest BCUT2D eigenvalue weighted by Gasteiger charge is 2.49. The maximum atomic E-state index is 12.9. The number of halogens is 1. The van der Waals surface area contributed by atoms with Crippen LogP contribution in [0.1, 0.15) is 39.2 Å². The van der Waals surface area contributed by atoms with Gasteiger partial charge in [0.15, 0.2) is 6.10 Å². The van der Waals surface area contributed by atoms with Crippen LogP contribution in [0.5, 0.6) is 0 Å². The number of hydrogen-bond donors (Lipinski definition) is 2. The summed E-state index contributed by atoms with van der Waals surface area (Å²) in [5.41, 5.74) is -0.147. The molecule has 1 aliphatic rings. The minimum Gasteiger partial charge on any atom is -0.451 e. The second kappa shape index (κ2) is 9.49. The largest absolute Gasteiger partial charge is 0.451 e. The van der Waals surface area contributed by atoms with Gasteiger partial charge in [-0.1, -0.05) is 26.0 Å². The third-order valence-electron chi connectivity index (χ3n) is 5.04. The smallest absolute Gasteiger partial charge is 0.327 e. The molecule has 0 bridgehead atoms. The lowest BCUT2D eigenvalue weighted by molar-refractivity contribution is -0.156. The van der Waals surface area contributed by atoms with E-state index < -0.39 is 42.0 Å². The summed E-state index contributed by atoms with van der Waals surface area (Å²) < 4.78 is 17.9. The molecule has 1 aliphatic heterocycles. The average molecular weight is 407 g/mol. The number of nitrogens with one attached hydrogen (secondary N) is 2. The lowest BCUT2D eigenvalue weighted by atomic mass is 9.93. The zero-order chi connectivity index (χ0) is 21.6. The van der Waals surface area contributed by atoms with Gasteiger partial charge in [-0.15, -0.1) is 0 Å². The van der Waals surface area contributed by atoms with Crippen LogP contribution in [-0.4, -0.2) is 53.4 Å². The number of carbonyl (C=O) groups is 4. The number of amides is 4. The first-order valence-corrected chi connectivity index (χ1v) is 9.58. The van der Waals surface area contributed by atoms with Crippen molar-refractivity contribution in [1.82, 2.24) is 15.5 Å². The van der Waals surface area contributed by atoms with Crippen molar-refractivity contribution in [2.75, 3.05) is 13.1 Å². The summed E-state index contributed by atoms with van der Waals surface area (Å²) in [6, 6.07) is 5.27. The normalized spacial score (nSPS) is 16.3. The van der Waals surface area contributed by atoms with Crippen LogP contribution in [0, 0.1) is 5.82 Å². The number of nitrogens with zero attached hydrogens (tertiary/aromatic N) is 1. The van der Waals surface area contributed by atoms with Crippen LogP contribution in [0.25, 0.3) is 0 Å². The molecule has 0 saturated carbocycles. The van der Waals surface area contributed by atoms with E-state index in [-0.39, 0.29) is 12.4 Å². The maximum absolute atomic E-state index is 12.9. The first kappa shape index (κ1) is 22.3. The predicted octanol–water partition coefficient (Wildman–Crippen LogP) is 1.53. The summed E-state index contributed by atoms with van der Waals surface area (Å²) in [6.07, 6.45) is 0.225. The van der Waals surface area contributed by atoms with E-state index in [1.54, 1.807) is 26.0 Å². The molecule has 29 heavy (non-hydrogen) atoms. The highest BCUT2D eigenvalue weighted by Crippen LogP contribution is 2.24. The summed E-state index contributed by atoms with van der Waals surface area (Å²) in [6.45, 7) is 4.69. The van der Waals surface area contributed by atoms with Crippen LogP contribution in [0.15, 0.2) is 24.3 Å². The zero-order valence-corrected chi connectivity index (χ0v) is 16.8. The standard InChI is InChI=1S/C20H26FN3O5/c1-4-20(5-2)18(27)24(19(28)23-20)12-16(25)29-13(3)17(26)22-11-10-14-6-8-15(21)9-7-14/h6-9,13H,4-5,10-12H2,1-3H3,(H,22,26)(H,23,28)/t13-/m1/s1. The Kier molecular flexibility index (Phi) is 7.30. The van der Waals surface area contributed by atoms with Crippen molar-refractivity contribution in [2.24, 2.45) is 0 Å². The van der Waals surface area contributed by atoms with Crippen molar-refractivity contribution in [2.45, 2.75) is 51.7 Å². The molecule has 2 N–H and O–H groups in total. The van der Waals surface area contributed by atoms with Gasteiger partial charge in [0.25, 0.3) is 11.8 Å². The van der Waals surface area contributed by atoms with Gasteiger partial charge in [0.1, 0.15) is 17.9 Å². The van der Waals surface area contributed by atoms with E-state index >= 15 is 0 Å². The van der Waals surface area contributed by atoms with Crippen molar-refractivity contribution in [3.05, 3.63) is 35.6 Å². The molecule has 9 heteroatoms. The van der Waals surface area contributed by atoms with Crippen molar-refractivity contribution < 1.29 is 28.3 Å². The lowest BCUT2D eigenvalue weighted by Gasteiger charge is -2.23. The second-order valence-electron chi connectivity index (χ2n) is 6.91. The van der Waals surface area contributed by atoms with E-state index in [1.807, 2.05) is 0 Å². The van der Waals surface area contributed by atoms with Gasteiger partial charge < -0.3 is 15.4 Å². The molecule has 1 fully saturated rings. The minimum absolute atomic E-state index is 0.287. The molecule has 158 valence electrons. The number of benzene rings is 1. The topological polar surface area (TPSA) is 105 Å². The lowest BCUT2D eigenvalue weighted by Crippen LogP contribution is -2.46. The molecule has 0 spiro atoms. The van der Waals surface area contributed by atoms with Crippen molar-refractivity contribution in [3.8, 4) is 0 Å². The summed E-state index contributed by atoms with van der Waals surface area (Å²) in [4.78, 5) is 49.5. The van der Waals surface area contributed by atoms with Gasteiger partial charge in [-0.2, -0.15) is 0 Å². The Hall–Kier alpha value is -2.97. The number of hydrogen-bond acceptors (Lipinski definition) is 5. The number of carbonyl (C=O) groups excluding carboxylic acids is 4. The van der Waals surface area contributed by atoms with Crippen LogP contribution in [-0.2, 0) is 25.5 Å². The molecule has 0 aliphatic carbocycles. The number of ether oxygens (including phenoxy) is 1. The monoisotopic (exact) mass is 407 g/mol. The third kappa shape index (κ3) is 5.30. The SMILES string of the molecule is CCC1(CC)NC(=O)N(CC(=O)O[C@H](C)C(=O)NCCc2ccc(F)cc2)C1=O. The third-order valence-corrected chi connectivity index (χ3v) is 5.04. The van der Waals surface area contributed by atoms with Crippen LogP contribution < -0.4 is 10.6 Å². The average Bonchev–Trinajstić information content (AvgIpc) is 2.93. The van der Waals surface area contributed by atoms with Gasteiger partial charge in [0.2, 0.25) is 0 Å². The molecule has 0 unspecified atom stereocenters. The molecule has 0 radical (unpaired) electrons. The number of imide groups is 1. The Bertz CT molecular complexity index is 777. The highest BCUT2D eigenvalue weighted by atomic mass is 19.1. The summed E-state index contributed by atoms with van der Waals surface area (Å²) >= 11 is 0. The number of urea groups is 1. The number of esters is 1. The van der Waals surface area contributed by atoms with E-state index in [9.17, 15) is 23.6 Å². The minimum atomic E-state index is -1.08. The quantitative estimate of drug-likeness (QED) is 0.477. The van der Waals surface area contributed by atoms with Crippen LogP contribution in [0.3, 0.4) is 0 Å². The van der Waals surface area contributed by atoms with E-state index in [1.165, 1.54) is 19.1 Å². The fraction of sp³-hybridized carbons (Fsp3) is 0.500. The molecular weight excluding hydrogens is 381 g/mol. The first-order chi connectivity index (χ1) is 13.7. The predicted molar refractivity (Wildman–Crippen MR) is 102 cm³/mol. The first-order valence-electron chi connectivity index (χ1n) is 9.58. The number of rotatable bonds is 9. The molecule has 8 nitrogen and oxygen atoms in total. The van der Waals surface area contributed by atoms with Crippen LogP contribution >= 0.6 is 0 Å². The zero-order valence-electron chi connectivity index (χ0n) is 16.8. The van der Waals surface area contributed by atoms with Crippen molar-refractivity contribution in [3.63, 3.8) is 0 Å². The Morgan fingerprint density at radius 3 is 2.38 bits per heavy atom. The molecule has 1 aromatic carbocycles. The van der Waals surface area contributed by atoms with E-state index in [0.717, 1.165) is 10.5 Å².